The Morgan fingerprint density at radius 1 is 1.19 bits per heavy atom. The molecule has 6 nitrogen and oxygen atoms in total. The SMILES string of the molecule is COc1ccc(C)cc1C(C)NC(=O)COc1cccc(S(C)(=O)=O)c1. The Labute approximate surface area is 154 Å². The van der Waals surface area contributed by atoms with Crippen molar-refractivity contribution in [1.82, 2.24) is 5.32 Å². The van der Waals surface area contributed by atoms with Gasteiger partial charge in [-0.1, -0.05) is 23.8 Å². The Balaban J connectivity index is 2.00. The lowest BCUT2D eigenvalue weighted by atomic mass is 10.0. The summed E-state index contributed by atoms with van der Waals surface area (Å²) in [6.07, 6.45) is 1.12. The Hall–Kier alpha value is -2.54. The standard InChI is InChI=1S/C19H23NO5S/c1-13-8-9-18(24-3)17(10-13)14(2)20-19(21)12-25-15-6-5-7-16(11-15)26(4,22)23/h5-11,14H,12H2,1-4H3,(H,20,21). The topological polar surface area (TPSA) is 81.7 Å². The maximum absolute atomic E-state index is 12.2. The van der Waals surface area contributed by atoms with Gasteiger partial charge in [-0.25, -0.2) is 8.42 Å². The molecule has 1 unspecified atom stereocenters. The van der Waals surface area contributed by atoms with Crippen LogP contribution < -0.4 is 14.8 Å². The highest BCUT2D eigenvalue weighted by Gasteiger charge is 2.15. The fraction of sp³-hybridized carbons (Fsp3) is 0.316. The second-order valence-corrected chi connectivity index (χ2v) is 8.09. The Morgan fingerprint density at radius 3 is 2.58 bits per heavy atom. The molecule has 2 aromatic carbocycles. The van der Waals surface area contributed by atoms with Gasteiger partial charge >= 0.3 is 0 Å². The minimum Gasteiger partial charge on any atom is -0.496 e. The molecular formula is C19H23NO5S. The van der Waals surface area contributed by atoms with Crippen LogP contribution in [0.3, 0.4) is 0 Å². The molecule has 1 atom stereocenters. The summed E-state index contributed by atoms with van der Waals surface area (Å²) in [5, 5.41) is 2.85. The molecule has 1 N–H and O–H groups in total. The first kappa shape index (κ1) is 19.8. The third kappa shape index (κ3) is 5.23. The van der Waals surface area contributed by atoms with E-state index in [1.807, 2.05) is 32.0 Å². The number of hydrogen-bond donors (Lipinski definition) is 1. The number of amides is 1. The lowest BCUT2D eigenvalue weighted by Crippen LogP contribution is -2.31. The zero-order chi connectivity index (χ0) is 19.3. The number of hydrogen-bond acceptors (Lipinski definition) is 5. The summed E-state index contributed by atoms with van der Waals surface area (Å²) in [7, 11) is -1.74. The van der Waals surface area contributed by atoms with Crippen LogP contribution in [0.2, 0.25) is 0 Å². The van der Waals surface area contributed by atoms with E-state index in [9.17, 15) is 13.2 Å². The molecule has 1 amide bonds. The highest BCUT2D eigenvalue weighted by molar-refractivity contribution is 7.90. The van der Waals surface area contributed by atoms with Crippen molar-refractivity contribution in [2.24, 2.45) is 0 Å². The van der Waals surface area contributed by atoms with Gasteiger partial charge in [0.25, 0.3) is 5.91 Å². The summed E-state index contributed by atoms with van der Waals surface area (Å²) in [4.78, 5) is 12.3. The van der Waals surface area contributed by atoms with Crippen LogP contribution >= 0.6 is 0 Å². The normalized spacial score (nSPS) is 12.3. The van der Waals surface area contributed by atoms with E-state index in [0.29, 0.717) is 11.5 Å². The number of nitrogens with one attached hydrogen (secondary N) is 1. The highest BCUT2D eigenvalue weighted by Crippen LogP contribution is 2.26. The van der Waals surface area contributed by atoms with E-state index in [-0.39, 0.29) is 23.5 Å². The van der Waals surface area contributed by atoms with E-state index in [1.165, 1.54) is 12.1 Å². The molecule has 0 aliphatic carbocycles. The van der Waals surface area contributed by atoms with Crippen molar-refractivity contribution >= 4 is 15.7 Å². The largest absolute Gasteiger partial charge is 0.496 e. The first-order valence-corrected chi connectivity index (χ1v) is 9.96. The second-order valence-electron chi connectivity index (χ2n) is 6.07. The molecule has 2 aromatic rings. The molecule has 0 fully saturated rings. The Morgan fingerprint density at radius 2 is 1.92 bits per heavy atom. The average molecular weight is 377 g/mol. The van der Waals surface area contributed by atoms with Gasteiger partial charge in [-0.2, -0.15) is 0 Å². The van der Waals surface area contributed by atoms with Gasteiger partial charge < -0.3 is 14.8 Å². The molecular weight excluding hydrogens is 354 g/mol. The van der Waals surface area contributed by atoms with E-state index in [0.717, 1.165) is 17.4 Å². The van der Waals surface area contributed by atoms with Crippen LogP contribution in [0.15, 0.2) is 47.4 Å². The van der Waals surface area contributed by atoms with Gasteiger partial charge in [0, 0.05) is 11.8 Å². The van der Waals surface area contributed by atoms with Crippen LogP contribution in [-0.2, 0) is 14.6 Å². The number of aryl methyl sites for hydroxylation is 1. The Bertz CT molecular complexity index is 893. The molecule has 0 heterocycles. The first-order valence-electron chi connectivity index (χ1n) is 8.07. The van der Waals surface area contributed by atoms with Gasteiger partial charge in [-0.15, -0.1) is 0 Å². The maximum Gasteiger partial charge on any atom is 0.258 e. The quantitative estimate of drug-likeness (QED) is 0.802. The minimum atomic E-state index is -3.33. The minimum absolute atomic E-state index is 0.147. The summed E-state index contributed by atoms with van der Waals surface area (Å²) in [5.74, 6) is 0.708. The van der Waals surface area contributed by atoms with Crippen LogP contribution in [0.5, 0.6) is 11.5 Å². The molecule has 0 bridgehead atoms. The molecule has 7 heteroatoms. The van der Waals surface area contributed by atoms with E-state index in [2.05, 4.69) is 5.32 Å². The van der Waals surface area contributed by atoms with E-state index >= 15 is 0 Å². The van der Waals surface area contributed by atoms with Crippen molar-refractivity contribution in [3.8, 4) is 11.5 Å². The van der Waals surface area contributed by atoms with Crippen molar-refractivity contribution in [2.45, 2.75) is 24.8 Å². The number of methoxy groups -OCH3 is 1. The van der Waals surface area contributed by atoms with Gasteiger partial charge in [-0.05, 0) is 38.1 Å². The summed E-state index contributed by atoms with van der Waals surface area (Å²) in [5.41, 5.74) is 1.94. The summed E-state index contributed by atoms with van der Waals surface area (Å²) in [6.45, 7) is 3.61. The van der Waals surface area contributed by atoms with Gasteiger partial charge in [0.1, 0.15) is 11.5 Å². The molecule has 0 radical (unpaired) electrons. The number of sulfone groups is 1. The van der Waals surface area contributed by atoms with E-state index in [4.69, 9.17) is 9.47 Å². The fourth-order valence-corrected chi connectivity index (χ4v) is 3.15. The van der Waals surface area contributed by atoms with E-state index < -0.39 is 9.84 Å². The molecule has 140 valence electrons. The van der Waals surface area contributed by atoms with Crippen LogP contribution in [0.1, 0.15) is 24.1 Å². The van der Waals surface area contributed by atoms with Crippen LogP contribution in [-0.4, -0.2) is 34.3 Å². The molecule has 2 rings (SSSR count). The predicted octanol–water partition coefficient (Wildman–Crippen LogP) is 2.66. The second kappa shape index (κ2) is 8.23. The number of carbonyl (C=O) groups excluding carboxylic acids is 1. The van der Waals surface area contributed by atoms with Crippen molar-refractivity contribution in [2.75, 3.05) is 20.0 Å². The number of ether oxygens (including phenoxy) is 2. The molecule has 0 spiro atoms. The van der Waals surface area contributed by atoms with Gasteiger partial charge in [0.05, 0.1) is 18.0 Å². The summed E-state index contributed by atoms with van der Waals surface area (Å²) >= 11 is 0. The number of carbonyl (C=O) groups is 1. The fourth-order valence-electron chi connectivity index (χ4n) is 2.50. The van der Waals surface area contributed by atoms with E-state index in [1.54, 1.807) is 19.2 Å². The van der Waals surface area contributed by atoms with Crippen LogP contribution in [0, 0.1) is 6.92 Å². The highest BCUT2D eigenvalue weighted by atomic mass is 32.2. The molecule has 26 heavy (non-hydrogen) atoms. The summed E-state index contributed by atoms with van der Waals surface area (Å²) in [6, 6.07) is 11.6. The number of rotatable bonds is 7. The monoisotopic (exact) mass is 377 g/mol. The van der Waals surface area contributed by atoms with Crippen LogP contribution in [0.25, 0.3) is 0 Å². The van der Waals surface area contributed by atoms with Crippen molar-refractivity contribution in [3.05, 3.63) is 53.6 Å². The van der Waals surface area contributed by atoms with Gasteiger partial charge in [-0.3, -0.25) is 4.79 Å². The molecule has 0 aliphatic heterocycles. The van der Waals surface area contributed by atoms with Gasteiger partial charge in [0.2, 0.25) is 0 Å². The molecule has 0 saturated carbocycles. The lowest BCUT2D eigenvalue weighted by Gasteiger charge is -2.18. The smallest absolute Gasteiger partial charge is 0.258 e. The number of benzene rings is 2. The third-order valence-corrected chi connectivity index (χ3v) is 4.94. The first-order chi connectivity index (χ1) is 12.2. The third-order valence-electron chi connectivity index (χ3n) is 3.83. The van der Waals surface area contributed by atoms with Gasteiger partial charge in [0.15, 0.2) is 16.4 Å². The average Bonchev–Trinajstić information content (AvgIpc) is 2.59. The molecule has 0 saturated heterocycles. The maximum atomic E-state index is 12.2. The lowest BCUT2D eigenvalue weighted by molar-refractivity contribution is -0.123. The predicted molar refractivity (Wildman–Crippen MR) is 99.3 cm³/mol. The van der Waals surface area contributed by atoms with Crippen molar-refractivity contribution < 1.29 is 22.7 Å². The zero-order valence-electron chi connectivity index (χ0n) is 15.3. The Kier molecular flexibility index (Phi) is 6.26. The molecule has 0 aliphatic rings. The molecule has 0 aromatic heterocycles. The summed E-state index contributed by atoms with van der Waals surface area (Å²) < 4.78 is 33.9. The van der Waals surface area contributed by atoms with Crippen molar-refractivity contribution in [1.29, 1.82) is 0 Å². The zero-order valence-corrected chi connectivity index (χ0v) is 16.1. The van der Waals surface area contributed by atoms with Crippen LogP contribution in [0.4, 0.5) is 0 Å². The van der Waals surface area contributed by atoms with Crippen molar-refractivity contribution in [3.63, 3.8) is 0 Å².